The first-order chi connectivity index (χ1) is 7.79. The van der Waals surface area contributed by atoms with Crippen molar-refractivity contribution in [3.63, 3.8) is 0 Å². The van der Waals surface area contributed by atoms with Crippen molar-refractivity contribution >= 4 is 17.4 Å². The maximum absolute atomic E-state index is 8.78. The van der Waals surface area contributed by atoms with Crippen molar-refractivity contribution < 1.29 is 0 Å². The van der Waals surface area contributed by atoms with Crippen LogP contribution in [0.15, 0.2) is 12.3 Å². The van der Waals surface area contributed by atoms with Gasteiger partial charge in [0.05, 0.1) is 5.56 Å². The lowest BCUT2D eigenvalue weighted by Crippen LogP contribution is -2.17. The molecular formula is C11H15ClN4. The smallest absolute Gasteiger partial charge is 0.146 e. The van der Waals surface area contributed by atoms with E-state index in [9.17, 15) is 0 Å². The summed E-state index contributed by atoms with van der Waals surface area (Å²) >= 11 is 5.99. The Morgan fingerprint density at radius 1 is 1.50 bits per heavy atom. The van der Waals surface area contributed by atoms with Gasteiger partial charge in [-0.15, -0.1) is 0 Å². The molecule has 0 atom stereocenters. The van der Waals surface area contributed by atoms with Gasteiger partial charge in [-0.3, -0.25) is 0 Å². The molecule has 0 aliphatic carbocycles. The lowest BCUT2D eigenvalue weighted by Gasteiger charge is -2.07. The second kappa shape index (κ2) is 7.04. The van der Waals surface area contributed by atoms with Crippen molar-refractivity contribution in [3.8, 4) is 6.07 Å². The molecule has 1 aromatic rings. The SMILES string of the molecule is CCNCCCNc1nccc(C#N)c1Cl. The van der Waals surface area contributed by atoms with Gasteiger partial charge in [-0.1, -0.05) is 18.5 Å². The Balaban J connectivity index is 2.45. The van der Waals surface area contributed by atoms with Crippen LogP contribution in [-0.2, 0) is 0 Å². The number of pyridine rings is 1. The van der Waals surface area contributed by atoms with Crippen LogP contribution in [0.2, 0.25) is 5.02 Å². The van der Waals surface area contributed by atoms with Gasteiger partial charge in [-0.2, -0.15) is 5.26 Å². The second-order valence-electron chi connectivity index (χ2n) is 3.27. The largest absolute Gasteiger partial charge is 0.369 e. The average Bonchev–Trinajstić information content (AvgIpc) is 2.31. The Morgan fingerprint density at radius 2 is 2.31 bits per heavy atom. The average molecular weight is 239 g/mol. The summed E-state index contributed by atoms with van der Waals surface area (Å²) < 4.78 is 0. The highest BCUT2D eigenvalue weighted by Gasteiger charge is 2.05. The topological polar surface area (TPSA) is 60.7 Å². The number of rotatable bonds is 6. The van der Waals surface area contributed by atoms with Crippen LogP contribution in [0, 0.1) is 11.3 Å². The van der Waals surface area contributed by atoms with Crippen LogP contribution in [0.25, 0.3) is 0 Å². The summed E-state index contributed by atoms with van der Waals surface area (Å²) in [4.78, 5) is 4.09. The van der Waals surface area contributed by atoms with Gasteiger partial charge in [-0.25, -0.2) is 4.98 Å². The van der Waals surface area contributed by atoms with E-state index in [1.54, 1.807) is 12.3 Å². The maximum Gasteiger partial charge on any atom is 0.146 e. The van der Waals surface area contributed by atoms with Gasteiger partial charge in [0, 0.05) is 12.7 Å². The Labute approximate surface area is 101 Å². The molecule has 0 bridgehead atoms. The van der Waals surface area contributed by atoms with Gasteiger partial charge >= 0.3 is 0 Å². The van der Waals surface area contributed by atoms with E-state index in [2.05, 4.69) is 22.5 Å². The number of hydrogen-bond acceptors (Lipinski definition) is 4. The number of anilines is 1. The highest BCUT2D eigenvalue weighted by molar-refractivity contribution is 6.34. The summed E-state index contributed by atoms with van der Waals surface area (Å²) in [5, 5.41) is 15.5. The van der Waals surface area contributed by atoms with Crippen molar-refractivity contribution in [1.29, 1.82) is 5.26 Å². The van der Waals surface area contributed by atoms with Crippen molar-refractivity contribution in [3.05, 3.63) is 22.8 Å². The van der Waals surface area contributed by atoms with E-state index in [0.29, 0.717) is 16.4 Å². The minimum Gasteiger partial charge on any atom is -0.369 e. The molecular weight excluding hydrogens is 224 g/mol. The van der Waals surface area contributed by atoms with Gasteiger partial charge in [0.25, 0.3) is 0 Å². The molecule has 0 aliphatic rings. The second-order valence-corrected chi connectivity index (χ2v) is 3.64. The fourth-order valence-corrected chi connectivity index (χ4v) is 1.47. The molecule has 4 nitrogen and oxygen atoms in total. The van der Waals surface area contributed by atoms with Crippen molar-refractivity contribution in [2.45, 2.75) is 13.3 Å². The summed E-state index contributed by atoms with van der Waals surface area (Å²) in [6, 6.07) is 3.63. The maximum atomic E-state index is 8.78. The lowest BCUT2D eigenvalue weighted by molar-refractivity contribution is 0.688. The molecule has 0 unspecified atom stereocenters. The normalized spacial score (nSPS) is 9.81. The third-order valence-electron chi connectivity index (χ3n) is 2.08. The Bertz CT molecular complexity index is 373. The number of halogens is 1. The minimum absolute atomic E-state index is 0.397. The van der Waals surface area contributed by atoms with Crippen LogP contribution in [-0.4, -0.2) is 24.6 Å². The zero-order valence-electron chi connectivity index (χ0n) is 9.26. The molecule has 1 aromatic heterocycles. The molecule has 0 radical (unpaired) electrons. The molecule has 1 heterocycles. The zero-order chi connectivity index (χ0) is 11.8. The molecule has 86 valence electrons. The Kier molecular flexibility index (Phi) is 5.62. The zero-order valence-corrected chi connectivity index (χ0v) is 10.0. The fraction of sp³-hybridized carbons (Fsp3) is 0.455. The molecule has 0 aromatic carbocycles. The fourth-order valence-electron chi connectivity index (χ4n) is 1.25. The molecule has 0 fully saturated rings. The van der Waals surface area contributed by atoms with Gasteiger partial charge < -0.3 is 10.6 Å². The quantitative estimate of drug-likeness (QED) is 0.745. The summed E-state index contributed by atoms with van der Waals surface area (Å²) in [5.74, 6) is 0.581. The minimum atomic E-state index is 0.397. The van der Waals surface area contributed by atoms with E-state index >= 15 is 0 Å². The van der Waals surface area contributed by atoms with Gasteiger partial charge in [-0.05, 0) is 25.6 Å². The van der Waals surface area contributed by atoms with Crippen molar-refractivity contribution in [1.82, 2.24) is 10.3 Å². The monoisotopic (exact) mass is 238 g/mol. The predicted molar refractivity (Wildman–Crippen MR) is 65.6 cm³/mol. The van der Waals surface area contributed by atoms with Crippen LogP contribution < -0.4 is 10.6 Å². The first kappa shape index (κ1) is 12.8. The van der Waals surface area contributed by atoms with Crippen molar-refractivity contribution in [2.75, 3.05) is 25.0 Å². The summed E-state index contributed by atoms with van der Waals surface area (Å²) in [7, 11) is 0. The Morgan fingerprint density at radius 3 is 3.00 bits per heavy atom. The molecule has 0 spiro atoms. The van der Waals surface area contributed by atoms with E-state index in [0.717, 1.165) is 26.1 Å². The molecule has 0 amide bonds. The molecule has 2 N–H and O–H groups in total. The third-order valence-corrected chi connectivity index (χ3v) is 2.47. The first-order valence-electron chi connectivity index (χ1n) is 5.28. The van der Waals surface area contributed by atoms with E-state index in [1.165, 1.54) is 0 Å². The van der Waals surface area contributed by atoms with Gasteiger partial charge in [0.1, 0.15) is 16.9 Å². The summed E-state index contributed by atoms with van der Waals surface area (Å²) in [6.07, 6.45) is 2.57. The predicted octanol–water partition coefficient (Wildman–Crippen LogP) is 2.02. The number of aromatic nitrogens is 1. The summed E-state index contributed by atoms with van der Waals surface area (Å²) in [5.41, 5.74) is 0.450. The molecule has 1 rings (SSSR count). The van der Waals surface area contributed by atoms with Crippen molar-refractivity contribution in [2.24, 2.45) is 0 Å². The number of hydrogen-bond donors (Lipinski definition) is 2. The summed E-state index contributed by atoms with van der Waals surface area (Å²) in [6.45, 7) is 4.79. The molecule has 0 saturated carbocycles. The van der Waals surface area contributed by atoms with Crippen LogP contribution in [0.4, 0.5) is 5.82 Å². The number of nitriles is 1. The van der Waals surface area contributed by atoms with Crippen LogP contribution in [0.3, 0.4) is 0 Å². The highest BCUT2D eigenvalue weighted by Crippen LogP contribution is 2.22. The molecule has 0 aliphatic heterocycles. The lowest BCUT2D eigenvalue weighted by atomic mass is 10.3. The van der Waals surface area contributed by atoms with E-state index in [1.807, 2.05) is 6.07 Å². The van der Waals surface area contributed by atoms with Crippen LogP contribution in [0.1, 0.15) is 18.9 Å². The standard InChI is InChI=1S/C11H15ClN4/c1-2-14-5-3-6-15-11-10(12)9(8-13)4-7-16-11/h4,7,14H,2-3,5-6H2,1H3,(H,15,16). The van der Waals surface area contributed by atoms with Gasteiger partial charge in [0.2, 0.25) is 0 Å². The van der Waals surface area contributed by atoms with E-state index in [-0.39, 0.29) is 0 Å². The first-order valence-corrected chi connectivity index (χ1v) is 5.66. The molecule has 5 heteroatoms. The molecule has 0 saturated heterocycles. The van der Waals surface area contributed by atoms with Crippen LogP contribution in [0.5, 0.6) is 0 Å². The Hall–Kier alpha value is -1.31. The third kappa shape index (κ3) is 3.69. The number of nitrogens with one attached hydrogen (secondary N) is 2. The van der Waals surface area contributed by atoms with E-state index in [4.69, 9.17) is 16.9 Å². The van der Waals surface area contributed by atoms with Crippen LogP contribution >= 0.6 is 11.6 Å². The highest BCUT2D eigenvalue weighted by atomic mass is 35.5. The van der Waals surface area contributed by atoms with Gasteiger partial charge in [0.15, 0.2) is 0 Å². The number of nitrogens with zero attached hydrogens (tertiary/aromatic N) is 2. The molecule has 16 heavy (non-hydrogen) atoms. The van der Waals surface area contributed by atoms with E-state index < -0.39 is 0 Å².